The van der Waals surface area contributed by atoms with Gasteiger partial charge in [0, 0.05) is 36.2 Å². The zero-order valence-electron chi connectivity index (χ0n) is 17.0. The van der Waals surface area contributed by atoms with Crippen molar-refractivity contribution in [3.8, 4) is 5.75 Å². The summed E-state index contributed by atoms with van der Waals surface area (Å²) in [5.41, 5.74) is 1.37. The van der Waals surface area contributed by atoms with E-state index < -0.39 is 0 Å². The molecule has 0 saturated carbocycles. The Hall–Kier alpha value is -2.28. The van der Waals surface area contributed by atoms with Gasteiger partial charge in [0.1, 0.15) is 5.75 Å². The Bertz CT molecular complexity index is 914. The maximum absolute atomic E-state index is 12.7. The third-order valence-electron chi connectivity index (χ3n) is 5.31. The summed E-state index contributed by atoms with van der Waals surface area (Å²) in [5.74, 6) is 0.449. The van der Waals surface area contributed by atoms with E-state index in [4.69, 9.17) is 27.9 Å². The van der Waals surface area contributed by atoms with Crippen LogP contribution in [0.25, 0.3) is 0 Å². The van der Waals surface area contributed by atoms with Crippen molar-refractivity contribution in [1.82, 2.24) is 9.80 Å². The molecule has 0 spiro atoms. The number of hydrogen-bond acceptors (Lipinski definition) is 4. The molecule has 8 heteroatoms. The van der Waals surface area contributed by atoms with E-state index in [-0.39, 0.29) is 24.3 Å². The first-order valence-corrected chi connectivity index (χ1v) is 10.5. The number of halogens is 2. The van der Waals surface area contributed by atoms with Crippen LogP contribution in [0.5, 0.6) is 5.75 Å². The lowest BCUT2D eigenvalue weighted by Crippen LogP contribution is -2.54. The van der Waals surface area contributed by atoms with Crippen molar-refractivity contribution in [3.63, 3.8) is 0 Å². The average molecular weight is 450 g/mol. The third kappa shape index (κ3) is 5.45. The second-order valence-corrected chi connectivity index (χ2v) is 8.04. The quantitative estimate of drug-likeness (QED) is 0.729. The fraction of sp³-hybridized carbons (Fsp3) is 0.364. The van der Waals surface area contributed by atoms with Gasteiger partial charge in [-0.25, -0.2) is 0 Å². The molecule has 30 heavy (non-hydrogen) atoms. The Morgan fingerprint density at radius 2 is 1.80 bits per heavy atom. The van der Waals surface area contributed by atoms with Crippen molar-refractivity contribution in [3.05, 3.63) is 58.1 Å². The molecule has 6 nitrogen and oxygen atoms in total. The van der Waals surface area contributed by atoms with Gasteiger partial charge < -0.3 is 15.0 Å². The van der Waals surface area contributed by atoms with Crippen molar-refractivity contribution in [2.24, 2.45) is 0 Å². The molecular formula is C22H25Cl2N3O3. The number of piperazine rings is 1. The molecule has 1 fully saturated rings. The number of carbonyl (C=O) groups excluding carboxylic acids is 2. The van der Waals surface area contributed by atoms with E-state index in [1.807, 2.05) is 30.0 Å². The Morgan fingerprint density at radius 3 is 2.47 bits per heavy atom. The summed E-state index contributed by atoms with van der Waals surface area (Å²) in [7, 11) is 1.54. The van der Waals surface area contributed by atoms with Crippen molar-refractivity contribution in [2.75, 3.05) is 38.6 Å². The van der Waals surface area contributed by atoms with Crippen LogP contribution in [0.1, 0.15) is 12.5 Å². The van der Waals surface area contributed by atoms with Gasteiger partial charge in [-0.2, -0.15) is 0 Å². The first-order valence-electron chi connectivity index (χ1n) is 9.78. The molecule has 1 aliphatic rings. The van der Waals surface area contributed by atoms with Crippen LogP contribution in [-0.2, 0) is 16.0 Å². The SMILES string of the molecule is COc1ccc(Cl)cc1NC(=O)C(C)N1CCN(C(=O)Cc2ccccc2Cl)CC1. The fourth-order valence-electron chi connectivity index (χ4n) is 3.46. The van der Waals surface area contributed by atoms with Crippen LogP contribution < -0.4 is 10.1 Å². The molecule has 1 saturated heterocycles. The van der Waals surface area contributed by atoms with E-state index >= 15 is 0 Å². The van der Waals surface area contributed by atoms with Crippen LogP contribution in [0.4, 0.5) is 5.69 Å². The number of hydrogen-bond donors (Lipinski definition) is 1. The number of rotatable bonds is 6. The number of benzene rings is 2. The van der Waals surface area contributed by atoms with Crippen molar-refractivity contribution >= 4 is 40.7 Å². The molecule has 1 N–H and O–H groups in total. The van der Waals surface area contributed by atoms with Gasteiger partial charge in [0.05, 0.1) is 25.3 Å². The van der Waals surface area contributed by atoms with Crippen LogP contribution in [0.2, 0.25) is 10.0 Å². The molecule has 0 aliphatic carbocycles. The Kier molecular flexibility index (Phi) is 7.58. The number of methoxy groups -OCH3 is 1. The lowest BCUT2D eigenvalue weighted by Gasteiger charge is -2.37. The first kappa shape index (κ1) is 22.4. The Morgan fingerprint density at radius 1 is 1.10 bits per heavy atom. The Labute approximate surface area is 186 Å². The lowest BCUT2D eigenvalue weighted by molar-refractivity contribution is -0.133. The zero-order valence-corrected chi connectivity index (χ0v) is 18.5. The molecule has 160 valence electrons. The standard InChI is InChI=1S/C22H25Cl2N3O3/c1-15(22(29)25-19-14-17(23)7-8-20(19)30-2)26-9-11-27(12-10-26)21(28)13-16-5-3-4-6-18(16)24/h3-8,14-15H,9-13H2,1-2H3,(H,25,29). The highest BCUT2D eigenvalue weighted by Crippen LogP contribution is 2.28. The van der Waals surface area contributed by atoms with E-state index in [2.05, 4.69) is 10.2 Å². The molecule has 1 aliphatic heterocycles. The number of ether oxygens (including phenoxy) is 1. The molecule has 0 bridgehead atoms. The van der Waals surface area contributed by atoms with Gasteiger partial charge in [-0.1, -0.05) is 41.4 Å². The maximum Gasteiger partial charge on any atom is 0.241 e. The van der Waals surface area contributed by atoms with E-state index in [0.717, 1.165) is 5.56 Å². The zero-order chi connectivity index (χ0) is 21.7. The Balaban J connectivity index is 1.54. The van der Waals surface area contributed by atoms with Gasteiger partial charge >= 0.3 is 0 Å². The van der Waals surface area contributed by atoms with Gasteiger partial charge in [-0.15, -0.1) is 0 Å². The predicted molar refractivity (Wildman–Crippen MR) is 119 cm³/mol. The molecule has 2 amide bonds. The van der Waals surface area contributed by atoms with Crippen molar-refractivity contribution < 1.29 is 14.3 Å². The summed E-state index contributed by atoms with van der Waals surface area (Å²) in [4.78, 5) is 29.2. The summed E-state index contributed by atoms with van der Waals surface area (Å²) >= 11 is 12.2. The van der Waals surface area contributed by atoms with Crippen LogP contribution in [-0.4, -0.2) is 60.9 Å². The van der Waals surface area contributed by atoms with Crippen LogP contribution >= 0.6 is 23.2 Å². The molecule has 3 rings (SSSR count). The highest BCUT2D eigenvalue weighted by molar-refractivity contribution is 6.31. The van der Waals surface area contributed by atoms with Gasteiger partial charge in [0.2, 0.25) is 11.8 Å². The molecule has 0 aromatic heterocycles. The number of anilines is 1. The minimum atomic E-state index is -0.352. The summed E-state index contributed by atoms with van der Waals surface area (Å²) in [6.45, 7) is 4.24. The molecular weight excluding hydrogens is 425 g/mol. The maximum atomic E-state index is 12.7. The summed E-state index contributed by atoms with van der Waals surface area (Å²) in [5, 5.41) is 4.01. The van der Waals surface area contributed by atoms with E-state index in [9.17, 15) is 9.59 Å². The van der Waals surface area contributed by atoms with Crippen molar-refractivity contribution in [1.29, 1.82) is 0 Å². The molecule has 2 aromatic rings. The molecule has 1 heterocycles. The number of carbonyl (C=O) groups is 2. The molecule has 2 aromatic carbocycles. The summed E-state index contributed by atoms with van der Waals surface area (Å²) in [6, 6.07) is 12.1. The first-order chi connectivity index (χ1) is 14.4. The van der Waals surface area contributed by atoms with Crippen LogP contribution in [0, 0.1) is 0 Å². The highest BCUT2D eigenvalue weighted by Gasteiger charge is 2.28. The minimum Gasteiger partial charge on any atom is -0.495 e. The lowest BCUT2D eigenvalue weighted by atomic mass is 10.1. The second-order valence-electron chi connectivity index (χ2n) is 7.19. The van der Waals surface area contributed by atoms with Gasteiger partial charge in [-0.05, 0) is 36.8 Å². The molecule has 0 radical (unpaired) electrons. The number of nitrogens with one attached hydrogen (secondary N) is 1. The van der Waals surface area contributed by atoms with E-state index in [0.29, 0.717) is 47.7 Å². The largest absolute Gasteiger partial charge is 0.495 e. The van der Waals surface area contributed by atoms with Crippen molar-refractivity contribution in [2.45, 2.75) is 19.4 Å². The smallest absolute Gasteiger partial charge is 0.241 e. The average Bonchev–Trinajstić information content (AvgIpc) is 2.75. The monoisotopic (exact) mass is 449 g/mol. The van der Waals surface area contributed by atoms with E-state index in [1.54, 1.807) is 31.4 Å². The minimum absolute atomic E-state index is 0.0449. The molecule has 1 atom stereocenters. The van der Waals surface area contributed by atoms with Crippen LogP contribution in [0.3, 0.4) is 0 Å². The van der Waals surface area contributed by atoms with Gasteiger partial charge in [0.25, 0.3) is 0 Å². The highest BCUT2D eigenvalue weighted by atomic mass is 35.5. The van der Waals surface area contributed by atoms with Crippen LogP contribution in [0.15, 0.2) is 42.5 Å². The normalized spacial score (nSPS) is 15.5. The van der Waals surface area contributed by atoms with Gasteiger partial charge in [0.15, 0.2) is 0 Å². The summed E-state index contributed by atoms with van der Waals surface area (Å²) < 4.78 is 5.28. The number of amides is 2. The second kappa shape index (κ2) is 10.2. The number of nitrogens with zero attached hydrogens (tertiary/aromatic N) is 2. The van der Waals surface area contributed by atoms with E-state index in [1.165, 1.54) is 0 Å². The predicted octanol–water partition coefficient (Wildman–Crippen LogP) is 3.72. The third-order valence-corrected chi connectivity index (χ3v) is 5.92. The summed E-state index contributed by atoms with van der Waals surface area (Å²) in [6.07, 6.45) is 0.282. The van der Waals surface area contributed by atoms with Gasteiger partial charge in [-0.3, -0.25) is 14.5 Å². The fourth-order valence-corrected chi connectivity index (χ4v) is 3.83. The molecule has 1 unspecified atom stereocenters. The topological polar surface area (TPSA) is 61.9 Å².